The van der Waals surface area contributed by atoms with Crippen LogP contribution in [0.15, 0.2) is 133 Å². The van der Waals surface area contributed by atoms with Gasteiger partial charge in [-0.15, -0.1) is 11.3 Å². The normalized spacial score (nSPS) is 11.5. The molecule has 5 aromatic carbocycles. The van der Waals surface area contributed by atoms with Crippen molar-refractivity contribution >= 4 is 43.2 Å². The molecule has 5 heteroatoms. The molecule has 0 bridgehead atoms. The highest BCUT2D eigenvalue weighted by molar-refractivity contribution is 7.18. The SMILES string of the molecule is c1ccc(-c2nc(-c3ccccc3)nc(-c3ccc(-n4c5ccccc5c5ccc6ccsc6c54)cc3)n2)cc1. The van der Waals surface area contributed by atoms with Crippen molar-refractivity contribution in [3.05, 3.63) is 133 Å². The van der Waals surface area contributed by atoms with E-state index in [4.69, 9.17) is 15.0 Å². The molecule has 8 rings (SSSR count). The number of aromatic nitrogens is 4. The van der Waals surface area contributed by atoms with Crippen molar-refractivity contribution in [3.8, 4) is 39.9 Å². The minimum atomic E-state index is 0.655. The Morgan fingerprint density at radius 3 is 1.70 bits per heavy atom. The fourth-order valence-electron chi connectivity index (χ4n) is 5.44. The first-order valence-corrected chi connectivity index (χ1v) is 14.1. The summed E-state index contributed by atoms with van der Waals surface area (Å²) < 4.78 is 3.68. The highest BCUT2D eigenvalue weighted by Gasteiger charge is 2.16. The van der Waals surface area contributed by atoms with Crippen molar-refractivity contribution in [1.29, 1.82) is 0 Å². The number of nitrogens with zero attached hydrogens (tertiary/aromatic N) is 4. The first kappa shape index (κ1) is 22.8. The van der Waals surface area contributed by atoms with Gasteiger partial charge in [0.15, 0.2) is 17.5 Å². The Labute approximate surface area is 234 Å². The summed E-state index contributed by atoms with van der Waals surface area (Å²) in [7, 11) is 0. The van der Waals surface area contributed by atoms with Gasteiger partial charge < -0.3 is 4.57 Å². The van der Waals surface area contributed by atoms with E-state index in [9.17, 15) is 0 Å². The van der Waals surface area contributed by atoms with Crippen LogP contribution in [0.1, 0.15) is 0 Å². The van der Waals surface area contributed by atoms with Gasteiger partial charge in [-0.25, -0.2) is 15.0 Å². The molecule has 0 radical (unpaired) electrons. The quantitative estimate of drug-likeness (QED) is 0.228. The summed E-state index contributed by atoms with van der Waals surface area (Å²) in [4.78, 5) is 14.6. The molecule has 0 spiro atoms. The van der Waals surface area contributed by atoms with Gasteiger partial charge in [0.25, 0.3) is 0 Å². The summed E-state index contributed by atoms with van der Waals surface area (Å²) in [6.45, 7) is 0. The summed E-state index contributed by atoms with van der Waals surface area (Å²) in [5, 5.41) is 5.97. The van der Waals surface area contributed by atoms with Crippen LogP contribution in [0.25, 0.3) is 71.7 Å². The van der Waals surface area contributed by atoms with Crippen molar-refractivity contribution in [2.45, 2.75) is 0 Å². The molecular formula is C35H22N4S. The highest BCUT2D eigenvalue weighted by Crippen LogP contribution is 2.38. The molecule has 8 aromatic rings. The lowest BCUT2D eigenvalue weighted by Crippen LogP contribution is -2.00. The molecule has 0 aliphatic carbocycles. The molecular weight excluding hydrogens is 508 g/mol. The minimum Gasteiger partial charge on any atom is -0.308 e. The Balaban J connectivity index is 1.30. The minimum absolute atomic E-state index is 0.655. The zero-order chi connectivity index (χ0) is 26.5. The van der Waals surface area contributed by atoms with Crippen LogP contribution in [0.2, 0.25) is 0 Å². The molecule has 3 aromatic heterocycles. The first-order chi connectivity index (χ1) is 19.8. The van der Waals surface area contributed by atoms with Crippen LogP contribution >= 0.6 is 11.3 Å². The number of hydrogen-bond acceptors (Lipinski definition) is 4. The van der Waals surface area contributed by atoms with Crippen molar-refractivity contribution in [1.82, 2.24) is 19.5 Å². The standard InChI is InChI=1S/C35H22N4S/c1-3-9-24(10-4-1)33-36-34(25-11-5-2-6-12-25)38-35(37-33)26-15-18-27(19-16-26)39-30-14-8-7-13-28(30)29-20-17-23-21-22-40-32(23)31(29)39/h1-22H. The average Bonchev–Trinajstić information content (AvgIpc) is 3.65. The lowest BCUT2D eigenvalue weighted by atomic mass is 10.1. The maximum Gasteiger partial charge on any atom is 0.164 e. The van der Waals surface area contributed by atoms with Gasteiger partial charge in [0.05, 0.1) is 15.7 Å². The maximum absolute atomic E-state index is 4.90. The molecule has 3 heterocycles. The third-order valence-corrected chi connectivity index (χ3v) is 8.27. The molecule has 188 valence electrons. The largest absolute Gasteiger partial charge is 0.308 e. The molecule has 0 aliphatic heterocycles. The highest BCUT2D eigenvalue weighted by atomic mass is 32.1. The fraction of sp³-hybridized carbons (Fsp3) is 0. The van der Waals surface area contributed by atoms with Crippen LogP contribution in [0.3, 0.4) is 0 Å². The van der Waals surface area contributed by atoms with Crippen LogP contribution < -0.4 is 0 Å². The zero-order valence-electron chi connectivity index (χ0n) is 21.4. The molecule has 4 nitrogen and oxygen atoms in total. The van der Waals surface area contributed by atoms with Crippen molar-refractivity contribution in [2.75, 3.05) is 0 Å². The number of para-hydroxylation sites is 1. The topological polar surface area (TPSA) is 43.6 Å². The van der Waals surface area contributed by atoms with Crippen molar-refractivity contribution < 1.29 is 0 Å². The van der Waals surface area contributed by atoms with E-state index in [1.165, 1.54) is 31.9 Å². The van der Waals surface area contributed by atoms with Gasteiger partial charge in [-0.3, -0.25) is 0 Å². The molecule has 0 N–H and O–H groups in total. The monoisotopic (exact) mass is 530 g/mol. The number of benzene rings is 5. The van der Waals surface area contributed by atoms with Gasteiger partial charge in [-0.2, -0.15) is 0 Å². The summed E-state index contributed by atoms with van der Waals surface area (Å²) in [6.07, 6.45) is 0. The van der Waals surface area contributed by atoms with E-state index in [1.807, 2.05) is 60.7 Å². The third-order valence-electron chi connectivity index (χ3n) is 7.34. The molecule has 0 amide bonds. The van der Waals surface area contributed by atoms with Gasteiger partial charge in [-0.1, -0.05) is 91.0 Å². The Bertz CT molecular complexity index is 2090. The van der Waals surface area contributed by atoms with E-state index in [-0.39, 0.29) is 0 Å². The van der Waals surface area contributed by atoms with Crippen molar-refractivity contribution in [2.24, 2.45) is 0 Å². The van der Waals surface area contributed by atoms with Gasteiger partial charge in [-0.05, 0) is 47.2 Å². The van der Waals surface area contributed by atoms with E-state index >= 15 is 0 Å². The first-order valence-electron chi connectivity index (χ1n) is 13.2. The Hall–Kier alpha value is -5.13. The maximum atomic E-state index is 4.90. The number of hydrogen-bond donors (Lipinski definition) is 0. The van der Waals surface area contributed by atoms with Gasteiger partial charge in [0.2, 0.25) is 0 Å². The second-order valence-electron chi connectivity index (χ2n) is 9.74. The Morgan fingerprint density at radius 1 is 0.475 bits per heavy atom. The summed E-state index contributed by atoms with van der Waals surface area (Å²) in [5.41, 5.74) is 6.43. The third kappa shape index (κ3) is 3.71. The lowest BCUT2D eigenvalue weighted by molar-refractivity contribution is 1.07. The van der Waals surface area contributed by atoms with Crippen LogP contribution in [0.4, 0.5) is 0 Å². The Morgan fingerprint density at radius 2 is 1.05 bits per heavy atom. The average molecular weight is 531 g/mol. The summed E-state index contributed by atoms with van der Waals surface area (Å²) in [5.74, 6) is 1.98. The second kappa shape index (κ2) is 9.26. The van der Waals surface area contributed by atoms with Crippen LogP contribution in [0.5, 0.6) is 0 Å². The predicted octanol–water partition coefficient (Wildman–Crippen LogP) is 9.18. The van der Waals surface area contributed by atoms with E-state index in [2.05, 4.69) is 76.7 Å². The van der Waals surface area contributed by atoms with E-state index in [1.54, 1.807) is 11.3 Å². The smallest absolute Gasteiger partial charge is 0.164 e. The van der Waals surface area contributed by atoms with Gasteiger partial charge in [0, 0.05) is 33.2 Å². The van der Waals surface area contributed by atoms with Gasteiger partial charge >= 0.3 is 0 Å². The van der Waals surface area contributed by atoms with Gasteiger partial charge in [0.1, 0.15) is 0 Å². The van der Waals surface area contributed by atoms with Crippen LogP contribution in [0, 0.1) is 0 Å². The number of thiophene rings is 1. The molecule has 0 atom stereocenters. The molecule has 0 unspecified atom stereocenters. The van der Waals surface area contributed by atoms with Crippen LogP contribution in [-0.2, 0) is 0 Å². The molecule has 0 fully saturated rings. The zero-order valence-corrected chi connectivity index (χ0v) is 22.2. The fourth-order valence-corrected chi connectivity index (χ4v) is 6.37. The second-order valence-corrected chi connectivity index (χ2v) is 10.7. The molecule has 40 heavy (non-hydrogen) atoms. The van der Waals surface area contributed by atoms with E-state index in [0.717, 1.165) is 22.4 Å². The number of rotatable bonds is 4. The van der Waals surface area contributed by atoms with E-state index in [0.29, 0.717) is 17.5 Å². The Kier molecular flexibility index (Phi) is 5.28. The lowest BCUT2D eigenvalue weighted by Gasteiger charge is -2.11. The van der Waals surface area contributed by atoms with Crippen molar-refractivity contribution in [3.63, 3.8) is 0 Å². The van der Waals surface area contributed by atoms with Crippen LogP contribution in [-0.4, -0.2) is 19.5 Å². The molecule has 0 aliphatic rings. The van der Waals surface area contributed by atoms with E-state index < -0.39 is 0 Å². The predicted molar refractivity (Wildman–Crippen MR) is 166 cm³/mol. The number of fused-ring (bicyclic) bond motifs is 5. The summed E-state index contributed by atoms with van der Waals surface area (Å²) in [6, 6.07) is 44.0. The summed E-state index contributed by atoms with van der Waals surface area (Å²) >= 11 is 1.79. The molecule has 0 saturated carbocycles. The molecule has 0 saturated heterocycles.